The van der Waals surface area contributed by atoms with Crippen molar-refractivity contribution in [2.75, 3.05) is 26.7 Å². The first-order valence-electron chi connectivity index (χ1n) is 7.55. The predicted molar refractivity (Wildman–Crippen MR) is 80.4 cm³/mol. The van der Waals surface area contributed by atoms with Crippen LogP contribution in [0.3, 0.4) is 0 Å². The minimum Gasteiger partial charge on any atom is -0.482 e. The van der Waals surface area contributed by atoms with Gasteiger partial charge in [0, 0.05) is 30.6 Å². The van der Waals surface area contributed by atoms with Gasteiger partial charge in [-0.05, 0) is 12.5 Å². The van der Waals surface area contributed by atoms with E-state index >= 15 is 0 Å². The molecule has 4 nitrogen and oxygen atoms in total. The zero-order chi connectivity index (χ0) is 14.1. The Bertz CT molecular complexity index is 594. The maximum Gasteiger partial charge on any atom is 0.143 e. The summed E-state index contributed by atoms with van der Waals surface area (Å²) < 4.78 is 11.7. The monoisotopic (exact) mass is 284 g/mol. The van der Waals surface area contributed by atoms with Crippen LogP contribution < -0.4 is 4.74 Å². The summed E-state index contributed by atoms with van der Waals surface area (Å²) in [6.07, 6.45) is 6.62. The van der Waals surface area contributed by atoms with Crippen LogP contribution in [-0.4, -0.2) is 36.5 Å². The molecule has 0 fully saturated rings. The van der Waals surface area contributed by atoms with Crippen LogP contribution in [0.15, 0.2) is 47.7 Å². The van der Waals surface area contributed by atoms with Crippen LogP contribution in [0.5, 0.6) is 5.75 Å². The van der Waals surface area contributed by atoms with Crippen molar-refractivity contribution >= 4 is 0 Å². The van der Waals surface area contributed by atoms with E-state index in [4.69, 9.17) is 9.47 Å². The molecule has 21 heavy (non-hydrogen) atoms. The van der Waals surface area contributed by atoms with Crippen LogP contribution in [-0.2, 0) is 11.3 Å². The molecule has 0 amide bonds. The fraction of sp³-hybridized carbons (Fsp3) is 0.412. The highest BCUT2D eigenvalue weighted by atomic mass is 16.5. The second-order valence-corrected chi connectivity index (χ2v) is 5.84. The van der Waals surface area contributed by atoms with E-state index in [1.807, 2.05) is 12.1 Å². The lowest BCUT2D eigenvalue weighted by atomic mass is 10.0. The van der Waals surface area contributed by atoms with Gasteiger partial charge >= 0.3 is 0 Å². The molecule has 0 aromatic heterocycles. The maximum atomic E-state index is 5.89. The molecule has 0 bridgehead atoms. The van der Waals surface area contributed by atoms with Gasteiger partial charge in [0.2, 0.25) is 0 Å². The third-order valence-corrected chi connectivity index (χ3v) is 4.20. The average Bonchev–Trinajstić information content (AvgIpc) is 2.55. The first-order chi connectivity index (χ1) is 10.4. The van der Waals surface area contributed by atoms with E-state index in [9.17, 15) is 0 Å². The minimum atomic E-state index is 0.648. The number of hydrogen-bond acceptors (Lipinski definition) is 4. The van der Waals surface area contributed by atoms with Gasteiger partial charge in [0.05, 0.1) is 6.67 Å². The highest BCUT2D eigenvalue weighted by Gasteiger charge is 2.24. The van der Waals surface area contributed by atoms with E-state index in [2.05, 4.69) is 34.1 Å². The van der Waals surface area contributed by atoms with Crippen LogP contribution in [0, 0.1) is 0 Å². The summed E-state index contributed by atoms with van der Waals surface area (Å²) in [6.45, 7) is 4.12. The Kier molecular flexibility index (Phi) is 3.41. The Morgan fingerprint density at radius 1 is 1.00 bits per heavy atom. The van der Waals surface area contributed by atoms with E-state index in [1.165, 1.54) is 16.9 Å². The van der Waals surface area contributed by atoms with Gasteiger partial charge < -0.3 is 9.47 Å². The van der Waals surface area contributed by atoms with Gasteiger partial charge in [-0.1, -0.05) is 30.4 Å². The van der Waals surface area contributed by atoms with Crippen LogP contribution >= 0.6 is 0 Å². The van der Waals surface area contributed by atoms with Gasteiger partial charge in [-0.25, -0.2) is 0 Å². The molecule has 3 aliphatic rings. The summed E-state index contributed by atoms with van der Waals surface area (Å²) in [5, 5.41) is 0. The number of ether oxygens (including phenoxy) is 2. The molecule has 0 saturated carbocycles. The zero-order valence-corrected chi connectivity index (χ0v) is 12.1. The zero-order valence-electron chi connectivity index (χ0n) is 12.1. The van der Waals surface area contributed by atoms with Crippen molar-refractivity contribution in [3.63, 3.8) is 0 Å². The third-order valence-electron chi connectivity index (χ3n) is 4.20. The lowest BCUT2D eigenvalue weighted by Crippen LogP contribution is -2.44. The molecule has 2 heterocycles. The first kappa shape index (κ1) is 12.9. The molecule has 1 aromatic rings. The number of benzene rings is 1. The number of fused-ring (bicyclic) bond motifs is 1. The predicted octanol–water partition coefficient (Wildman–Crippen LogP) is 2.69. The van der Waals surface area contributed by atoms with Crippen molar-refractivity contribution in [2.45, 2.75) is 19.4 Å². The molecular weight excluding hydrogens is 264 g/mol. The molecule has 0 atom stereocenters. The van der Waals surface area contributed by atoms with Gasteiger partial charge in [-0.3, -0.25) is 9.80 Å². The summed E-state index contributed by atoms with van der Waals surface area (Å²) >= 11 is 0. The number of nitrogens with zero attached hydrogens (tertiary/aromatic N) is 2. The molecule has 4 rings (SSSR count). The van der Waals surface area contributed by atoms with E-state index in [0.29, 0.717) is 13.5 Å². The molecular formula is C17H20N2O2. The van der Waals surface area contributed by atoms with Crippen molar-refractivity contribution < 1.29 is 9.47 Å². The summed E-state index contributed by atoms with van der Waals surface area (Å²) in [7, 11) is 0. The van der Waals surface area contributed by atoms with Gasteiger partial charge in [0.25, 0.3) is 0 Å². The molecule has 110 valence electrons. The fourth-order valence-electron chi connectivity index (χ4n) is 3.14. The van der Waals surface area contributed by atoms with Crippen molar-refractivity contribution in [2.24, 2.45) is 0 Å². The molecule has 1 aliphatic carbocycles. The van der Waals surface area contributed by atoms with E-state index < -0.39 is 0 Å². The third kappa shape index (κ3) is 2.69. The van der Waals surface area contributed by atoms with Crippen molar-refractivity contribution in [1.29, 1.82) is 0 Å². The summed E-state index contributed by atoms with van der Waals surface area (Å²) in [4.78, 5) is 4.63. The second kappa shape index (κ2) is 5.54. The Labute approximate surface area is 125 Å². The summed E-state index contributed by atoms with van der Waals surface area (Å²) in [5.41, 5.74) is 2.60. The Morgan fingerprint density at radius 2 is 1.86 bits per heavy atom. The van der Waals surface area contributed by atoms with Crippen LogP contribution in [0.4, 0.5) is 0 Å². The van der Waals surface area contributed by atoms with Gasteiger partial charge in [-0.2, -0.15) is 0 Å². The SMILES string of the molecule is C1=CC2=C(CC1)OCN(CN1COc3ccccc3C1)C2. The molecule has 1 aromatic carbocycles. The Hall–Kier alpha value is -1.78. The summed E-state index contributed by atoms with van der Waals surface area (Å²) in [5.74, 6) is 2.21. The largest absolute Gasteiger partial charge is 0.482 e. The molecule has 0 N–H and O–H groups in total. The van der Waals surface area contributed by atoms with Gasteiger partial charge in [0.15, 0.2) is 0 Å². The summed E-state index contributed by atoms with van der Waals surface area (Å²) in [6, 6.07) is 8.27. The topological polar surface area (TPSA) is 24.9 Å². The number of allylic oxidation sites excluding steroid dienone is 2. The molecule has 0 unspecified atom stereocenters. The maximum absolute atomic E-state index is 5.89. The number of hydrogen-bond donors (Lipinski definition) is 0. The molecule has 0 radical (unpaired) electrons. The highest BCUT2D eigenvalue weighted by molar-refractivity contribution is 5.34. The quantitative estimate of drug-likeness (QED) is 0.833. The fourth-order valence-corrected chi connectivity index (χ4v) is 3.14. The van der Waals surface area contributed by atoms with Crippen molar-refractivity contribution in [3.8, 4) is 5.75 Å². The number of para-hydroxylation sites is 1. The Morgan fingerprint density at radius 3 is 2.86 bits per heavy atom. The Balaban J connectivity index is 1.40. The molecule has 4 heteroatoms. The van der Waals surface area contributed by atoms with E-state index in [1.54, 1.807) is 0 Å². The minimum absolute atomic E-state index is 0.648. The lowest BCUT2D eigenvalue weighted by molar-refractivity contribution is -0.0159. The van der Waals surface area contributed by atoms with Crippen molar-refractivity contribution in [1.82, 2.24) is 9.80 Å². The standard InChI is InChI=1S/C17H20N2O2/c1-3-7-16-14(5-1)9-18(12-20-16)11-19-10-15-6-2-4-8-17(15)21-13-19/h1-3,5-7H,4,8-13H2. The van der Waals surface area contributed by atoms with E-state index in [-0.39, 0.29) is 0 Å². The van der Waals surface area contributed by atoms with Crippen LogP contribution in [0.2, 0.25) is 0 Å². The normalized spacial score (nSPS) is 22.3. The highest BCUT2D eigenvalue weighted by Crippen LogP contribution is 2.27. The second-order valence-electron chi connectivity index (χ2n) is 5.84. The van der Waals surface area contributed by atoms with Gasteiger partial charge in [0.1, 0.15) is 25.0 Å². The molecule has 0 saturated heterocycles. The smallest absolute Gasteiger partial charge is 0.143 e. The van der Waals surface area contributed by atoms with Crippen LogP contribution in [0.25, 0.3) is 0 Å². The van der Waals surface area contributed by atoms with Gasteiger partial charge in [-0.15, -0.1) is 0 Å². The lowest BCUT2D eigenvalue weighted by Gasteiger charge is -2.36. The van der Waals surface area contributed by atoms with Crippen LogP contribution in [0.1, 0.15) is 18.4 Å². The molecule has 0 spiro atoms. The molecule has 2 aliphatic heterocycles. The van der Waals surface area contributed by atoms with Crippen molar-refractivity contribution in [3.05, 3.63) is 53.3 Å². The average molecular weight is 284 g/mol. The van der Waals surface area contributed by atoms with E-state index in [0.717, 1.165) is 38.3 Å². The first-order valence-corrected chi connectivity index (χ1v) is 7.55. The number of rotatable bonds is 2.